The number of rotatable bonds is 6. The van der Waals surface area contributed by atoms with Gasteiger partial charge in [0.2, 0.25) is 0 Å². The molecule has 4 fully saturated rings. The van der Waals surface area contributed by atoms with Gasteiger partial charge < -0.3 is 9.84 Å². The van der Waals surface area contributed by atoms with Gasteiger partial charge in [-0.05, 0) is 74.0 Å². The van der Waals surface area contributed by atoms with Crippen molar-refractivity contribution in [1.29, 1.82) is 0 Å². The lowest BCUT2D eigenvalue weighted by Gasteiger charge is -2.56. The van der Waals surface area contributed by atoms with Crippen molar-refractivity contribution in [2.45, 2.75) is 51.4 Å². The summed E-state index contributed by atoms with van der Waals surface area (Å²) in [4.78, 5) is 37.4. The Morgan fingerprint density at radius 2 is 1.67 bits per heavy atom. The molecule has 0 amide bonds. The lowest BCUT2D eigenvalue weighted by molar-refractivity contribution is -0.143. The van der Waals surface area contributed by atoms with Crippen molar-refractivity contribution in [2.24, 2.45) is 23.2 Å². The standard InChI is InChI=1S/C22H26O5/c1-27-21(26)8-13-2-3-18(23)17(7-13)19(24)9-20(25)22-10-14-4-15(11-22)6-16(5-14)12-22/h2-3,7,14-16,23H,4-6,8-12H2,1H3. The number of Topliss-reactive ketones (excluding diaryl/α,β-unsaturated/α-hetero) is 2. The Balaban J connectivity index is 1.50. The second kappa shape index (κ2) is 6.77. The van der Waals surface area contributed by atoms with Crippen LogP contribution in [0.5, 0.6) is 5.75 Å². The van der Waals surface area contributed by atoms with Crippen LogP contribution < -0.4 is 0 Å². The average Bonchev–Trinajstić information content (AvgIpc) is 2.62. The Morgan fingerprint density at radius 3 is 2.22 bits per heavy atom. The van der Waals surface area contributed by atoms with Crippen LogP contribution in [-0.4, -0.2) is 29.8 Å². The van der Waals surface area contributed by atoms with Gasteiger partial charge in [0.1, 0.15) is 11.5 Å². The number of hydrogen-bond donors (Lipinski definition) is 1. The van der Waals surface area contributed by atoms with Crippen molar-refractivity contribution in [2.75, 3.05) is 7.11 Å². The van der Waals surface area contributed by atoms with E-state index in [9.17, 15) is 19.5 Å². The predicted molar refractivity (Wildman–Crippen MR) is 98.4 cm³/mol. The van der Waals surface area contributed by atoms with Crippen LogP contribution in [0.15, 0.2) is 18.2 Å². The molecule has 1 aromatic rings. The average molecular weight is 370 g/mol. The SMILES string of the molecule is COC(=O)Cc1ccc(O)c(C(=O)CC(=O)C23CC4CC(CC(C4)C2)C3)c1. The van der Waals surface area contributed by atoms with E-state index in [-0.39, 0.29) is 41.1 Å². The molecule has 0 unspecified atom stereocenters. The maximum absolute atomic E-state index is 13.1. The number of carbonyl (C=O) groups is 3. The summed E-state index contributed by atoms with van der Waals surface area (Å²) in [5.41, 5.74) is 0.392. The molecule has 5 heteroatoms. The topological polar surface area (TPSA) is 80.7 Å². The molecular formula is C22H26O5. The van der Waals surface area contributed by atoms with E-state index in [0.29, 0.717) is 23.3 Å². The van der Waals surface area contributed by atoms with Gasteiger partial charge in [0.15, 0.2) is 5.78 Å². The number of aromatic hydroxyl groups is 1. The largest absolute Gasteiger partial charge is 0.507 e. The van der Waals surface area contributed by atoms with E-state index in [4.69, 9.17) is 0 Å². The van der Waals surface area contributed by atoms with Crippen LogP contribution in [0.2, 0.25) is 0 Å². The highest BCUT2D eigenvalue weighted by Crippen LogP contribution is 2.60. The van der Waals surface area contributed by atoms with Gasteiger partial charge >= 0.3 is 5.97 Å². The number of methoxy groups -OCH3 is 1. The molecule has 4 aliphatic rings. The predicted octanol–water partition coefficient (Wildman–Crippen LogP) is 3.47. The van der Waals surface area contributed by atoms with Gasteiger partial charge in [0.05, 0.1) is 25.5 Å². The summed E-state index contributed by atoms with van der Waals surface area (Å²) in [6.45, 7) is 0. The fourth-order valence-corrected chi connectivity index (χ4v) is 6.04. The lowest BCUT2D eigenvalue weighted by atomic mass is 9.48. The molecule has 5 rings (SSSR count). The number of hydrogen-bond acceptors (Lipinski definition) is 5. The molecule has 0 aliphatic heterocycles. The second-order valence-corrected chi connectivity index (χ2v) is 8.83. The molecule has 4 bridgehead atoms. The summed E-state index contributed by atoms with van der Waals surface area (Å²) in [5.74, 6) is 1.06. The Hall–Kier alpha value is -2.17. The molecular weight excluding hydrogens is 344 g/mol. The van der Waals surface area contributed by atoms with Gasteiger partial charge in [-0.2, -0.15) is 0 Å². The maximum Gasteiger partial charge on any atom is 0.309 e. The third kappa shape index (κ3) is 3.40. The molecule has 4 saturated carbocycles. The third-order valence-corrected chi connectivity index (χ3v) is 6.89. The molecule has 1 N–H and O–H groups in total. The molecule has 4 aliphatic carbocycles. The van der Waals surface area contributed by atoms with Gasteiger partial charge in [-0.1, -0.05) is 6.07 Å². The van der Waals surface area contributed by atoms with Crippen molar-refractivity contribution < 1.29 is 24.2 Å². The fourth-order valence-electron chi connectivity index (χ4n) is 6.04. The molecule has 144 valence electrons. The highest BCUT2D eigenvalue weighted by molar-refractivity contribution is 6.11. The Bertz CT molecular complexity index is 759. The molecule has 0 heterocycles. The zero-order valence-electron chi connectivity index (χ0n) is 15.7. The molecule has 0 saturated heterocycles. The van der Waals surface area contributed by atoms with Crippen LogP contribution >= 0.6 is 0 Å². The van der Waals surface area contributed by atoms with E-state index in [1.807, 2.05) is 0 Å². The summed E-state index contributed by atoms with van der Waals surface area (Å²) in [7, 11) is 1.30. The van der Waals surface area contributed by atoms with E-state index in [1.165, 1.54) is 38.5 Å². The van der Waals surface area contributed by atoms with Crippen LogP contribution in [0.4, 0.5) is 0 Å². The minimum atomic E-state index is -0.413. The molecule has 0 spiro atoms. The highest BCUT2D eigenvalue weighted by atomic mass is 16.5. The maximum atomic E-state index is 13.1. The first kappa shape index (κ1) is 18.2. The number of phenols is 1. The van der Waals surface area contributed by atoms with Crippen LogP contribution in [0, 0.1) is 23.2 Å². The molecule has 5 nitrogen and oxygen atoms in total. The second-order valence-electron chi connectivity index (χ2n) is 8.83. The van der Waals surface area contributed by atoms with Gasteiger partial charge in [0, 0.05) is 5.41 Å². The quantitative estimate of drug-likeness (QED) is 0.471. The van der Waals surface area contributed by atoms with E-state index in [2.05, 4.69) is 4.74 Å². The number of phenolic OH excluding ortho intramolecular Hbond substituents is 1. The number of ketones is 2. The first-order chi connectivity index (χ1) is 12.9. The monoisotopic (exact) mass is 370 g/mol. The van der Waals surface area contributed by atoms with Gasteiger partial charge in [0.25, 0.3) is 0 Å². The van der Waals surface area contributed by atoms with Gasteiger partial charge in [-0.15, -0.1) is 0 Å². The number of carbonyl (C=O) groups excluding carboxylic acids is 3. The van der Waals surface area contributed by atoms with Crippen LogP contribution in [0.3, 0.4) is 0 Å². The molecule has 1 aromatic carbocycles. The van der Waals surface area contributed by atoms with Crippen molar-refractivity contribution in [3.8, 4) is 5.75 Å². The first-order valence-corrected chi connectivity index (χ1v) is 9.84. The smallest absolute Gasteiger partial charge is 0.309 e. The molecule has 27 heavy (non-hydrogen) atoms. The highest BCUT2D eigenvalue weighted by Gasteiger charge is 2.54. The van der Waals surface area contributed by atoms with Gasteiger partial charge in [-0.3, -0.25) is 14.4 Å². The van der Waals surface area contributed by atoms with Crippen molar-refractivity contribution in [3.05, 3.63) is 29.3 Å². The zero-order valence-corrected chi connectivity index (χ0v) is 15.7. The van der Waals surface area contributed by atoms with Crippen molar-refractivity contribution in [1.82, 2.24) is 0 Å². The normalized spacial score (nSPS) is 30.9. The summed E-state index contributed by atoms with van der Waals surface area (Å²) in [6.07, 6.45) is 6.39. The minimum Gasteiger partial charge on any atom is -0.507 e. The fraction of sp³-hybridized carbons (Fsp3) is 0.591. The van der Waals surface area contributed by atoms with E-state index in [1.54, 1.807) is 6.07 Å². The van der Waals surface area contributed by atoms with E-state index >= 15 is 0 Å². The van der Waals surface area contributed by atoms with E-state index < -0.39 is 5.97 Å². The number of ether oxygens (including phenoxy) is 1. The number of esters is 1. The van der Waals surface area contributed by atoms with Crippen molar-refractivity contribution in [3.63, 3.8) is 0 Å². The number of benzene rings is 1. The van der Waals surface area contributed by atoms with Crippen LogP contribution in [-0.2, 0) is 20.7 Å². The Morgan fingerprint density at radius 1 is 1.07 bits per heavy atom. The molecule has 0 atom stereocenters. The molecule has 0 radical (unpaired) electrons. The van der Waals surface area contributed by atoms with Crippen molar-refractivity contribution >= 4 is 17.5 Å². The molecule has 0 aromatic heterocycles. The Kier molecular flexibility index (Phi) is 4.57. The summed E-state index contributed by atoms with van der Waals surface area (Å²) < 4.78 is 4.65. The van der Waals surface area contributed by atoms with Crippen LogP contribution in [0.1, 0.15) is 60.9 Å². The summed E-state index contributed by atoms with van der Waals surface area (Å²) in [5, 5.41) is 10.1. The lowest BCUT2D eigenvalue weighted by Crippen LogP contribution is -2.50. The van der Waals surface area contributed by atoms with Gasteiger partial charge in [-0.25, -0.2) is 0 Å². The minimum absolute atomic E-state index is 0.0278. The van der Waals surface area contributed by atoms with E-state index in [0.717, 1.165) is 19.3 Å². The zero-order chi connectivity index (χ0) is 19.2. The van der Waals surface area contributed by atoms with Crippen LogP contribution in [0.25, 0.3) is 0 Å². The summed E-state index contributed by atoms with van der Waals surface area (Å²) in [6, 6.07) is 4.49. The first-order valence-electron chi connectivity index (χ1n) is 9.84. The third-order valence-electron chi connectivity index (χ3n) is 6.89. The summed E-state index contributed by atoms with van der Waals surface area (Å²) >= 11 is 0. The Labute approximate surface area is 159 Å².